The van der Waals surface area contributed by atoms with Gasteiger partial charge in [-0.25, -0.2) is 0 Å². The maximum absolute atomic E-state index is 5.27. The summed E-state index contributed by atoms with van der Waals surface area (Å²) in [6, 6.07) is 7.99. The molecule has 0 amide bonds. The van der Waals surface area contributed by atoms with Gasteiger partial charge in [0.25, 0.3) is 5.89 Å². The third-order valence-corrected chi connectivity index (χ3v) is 4.25. The molecule has 5 nitrogen and oxygen atoms in total. The lowest BCUT2D eigenvalue weighted by Crippen LogP contribution is -1.84. The van der Waals surface area contributed by atoms with E-state index in [0.29, 0.717) is 17.5 Å². The van der Waals surface area contributed by atoms with Crippen molar-refractivity contribution in [3.8, 4) is 11.5 Å². The molecule has 0 fully saturated rings. The second-order valence-corrected chi connectivity index (χ2v) is 5.93. The number of thioether (sulfide) groups is 1. The van der Waals surface area contributed by atoms with E-state index in [1.54, 1.807) is 17.3 Å². The van der Waals surface area contributed by atoms with Crippen LogP contribution in [0.3, 0.4) is 0 Å². The molecular formula is C12H10N4OS2. The lowest BCUT2D eigenvalue weighted by Gasteiger charge is -1.95. The van der Waals surface area contributed by atoms with Gasteiger partial charge in [-0.2, -0.15) is 4.98 Å². The van der Waals surface area contributed by atoms with Crippen LogP contribution in [0, 0.1) is 6.92 Å². The summed E-state index contributed by atoms with van der Waals surface area (Å²) >= 11 is 3.05. The maximum Gasteiger partial charge on any atom is 0.257 e. The van der Waals surface area contributed by atoms with Gasteiger partial charge in [0, 0.05) is 5.56 Å². The van der Waals surface area contributed by atoms with E-state index in [2.05, 4.69) is 20.3 Å². The van der Waals surface area contributed by atoms with E-state index < -0.39 is 0 Å². The summed E-state index contributed by atoms with van der Waals surface area (Å²) in [5, 5.41) is 11.7. The second kappa shape index (κ2) is 5.50. The molecule has 0 aliphatic heterocycles. The molecule has 3 rings (SSSR count). The van der Waals surface area contributed by atoms with Gasteiger partial charge in [-0.15, -0.1) is 10.2 Å². The molecule has 0 saturated heterocycles. The minimum Gasteiger partial charge on any atom is -0.334 e. The fraction of sp³-hybridized carbons (Fsp3) is 0.167. The fourth-order valence-electron chi connectivity index (χ4n) is 1.56. The van der Waals surface area contributed by atoms with Crippen LogP contribution < -0.4 is 0 Å². The van der Waals surface area contributed by atoms with Gasteiger partial charge in [-0.3, -0.25) is 0 Å². The Morgan fingerprint density at radius 2 is 2.32 bits per heavy atom. The van der Waals surface area contributed by atoms with Crippen molar-refractivity contribution in [1.29, 1.82) is 0 Å². The van der Waals surface area contributed by atoms with E-state index in [1.165, 1.54) is 16.9 Å². The molecule has 2 heterocycles. The van der Waals surface area contributed by atoms with Crippen molar-refractivity contribution in [2.45, 2.75) is 17.0 Å². The van der Waals surface area contributed by atoms with Gasteiger partial charge in [0.2, 0.25) is 0 Å². The summed E-state index contributed by atoms with van der Waals surface area (Å²) in [5.41, 5.74) is 3.82. The molecule has 0 bridgehead atoms. The molecule has 0 aliphatic rings. The van der Waals surface area contributed by atoms with E-state index in [4.69, 9.17) is 4.52 Å². The maximum atomic E-state index is 5.27. The van der Waals surface area contributed by atoms with E-state index in [-0.39, 0.29) is 0 Å². The van der Waals surface area contributed by atoms with Crippen LogP contribution in [-0.2, 0) is 5.75 Å². The standard InChI is InChI=1S/C12H10N4OS2/c1-8-3-2-4-9(5-8)11-14-10(16-17-11)6-18-12-15-13-7-19-12/h2-5,7H,6H2,1H3. The molecule has 7 heteroatoms. The molecule has 0 aliphatic carbocycles. The van der Waals surface area contributed by atoms with Gasteiger partial charge < -0.3 is 4.52 Å². The van der Waals surface area contributed by atoms with Crippen molar-refractivity contribution < 1.29 is 4.52 Å². The van der Waals surface area contributed by atoms with Crippen LogP contribution in [-0.4, -0.2) is 20.3 Å². The molecule has 0 radical (unpaired) electrons. The molecule has 0 spiro atoms. The van der Waals surface area contributed by atoms with Crippen molar-refractivity contribution in [1.82, 2.24) is 20.3 Å². The van der Waals surface area contributed by atoms with Gasteiger partial charge in [0.15, 0.2) is 10.2 Å². The first kappa shape index (κ1) is 12.3. The van der Waals surface area contributed by atoms with Crippen molar-refractivity contribution in [2.75, 3.05) is 0 Å². The van der Waals surface area contributed by atoms with E-state index in [1.807, 2.05) is 31.2 Å². The Hall–Kier alpha value is -1.73. The molecule has 0 unspecified atom stereocenters. The fourth-order valence-corrected chi connectivity index (χ4v) is 2.89. The lowest BCUT2D eigenvalue weighted by molar-refractivity contribution is 0.425. The van der Waals surface area contributed by atoms with Crippen molar-refractivity contribution in [2.24, 2.45) is 0 Å². The summed E-state index contributed by atoms with van der Waals surface area (Å²) in [7, 11) is 0. The highest BCUT2D eigenvalue weighted by atomic mass is 32.2. The molecule has 3 aromatic rings. The number of aryl methyl sites for hydroxylation is 1. The van der Waals surface area contributed by atoms with Gasteiger partial charge in [-0.05, 0) is 19.1 Å². The third kappa shape index (κ3) is 2.99. The molecular weight excluding hydrogens is 280 g/mol. The highest BCUT2D eigenvalue weighted by molar-refractivity contribution is 8.00. The minimum absolute atomic E-state index is 0.552. The van der Waals surface area contributed by atoms with Crippen molar-refractivity contribution in [3.05, 3.63) is 41.2 Å². The summed E-state index contributed by atoms with van der Waals surface area (Å²) in [5.74, 6) is 1.85. The number of rotatable bonds is 4. The zero-order valence-electron chi connectivity index (χ0n) is 10.1. The van der Waals surface area contributed by atoms with Crippen LogP contribution in [0.15, 0.2) is 38.6 Å². The molecule has 2 aromatic heterocycles. The normalized spacial score (nSPS) is 10.8. The lowest BCUT2D eigenvalue weighted by atomic mass is 10.1. The Morgan fingerprint density at radius 1 is 1.37 bits per heavy atom. The second-order valence-electron chi connectivity index (χ2n) is 3.88. The Labute approximate surface area is 118 Å². The Balaban J connectivity index is 1.72. The zero-order chi connectivity index (χ0) is 13.1. The quantitative estimate of drug-likeness (QED) is 0.688. The van der Waals surface area contributed by atoms with Gasteiger partial charge in [0.1, 0.15) is 5.51 Å². The Kier molecular flexibility index (Phi) is 3.56. The third-order valence-electron chi connectivity index (χ3n) is 2.40. The molecule has 19 heavy (non-hydrogen) atoms. The number of hydrogen-bond acceptors (Lipinski definition) is 7. The zero-order valence-corrected chi connectivity index (χ0v) is 11.7. The average Bonchev–Trinajstić information content (AvgIpc) is 3.08. The Bertz CT molecular complexity index is 666. The monoisotopic (exact) mass is 290 g/mol. The van der Waals surface area contributed by atoms with Crippen molar-refractivity contribution >= 4 is 23.1 Å². The van der Waals surface area contributed by atoms with Crippen LogP contribution in [0.4, 0.5) is 0 Å². The van der Waals surface area contributed by atoms with Crippen LogP contribution in [0.25, 0.3) is 11.5 Å². The highest BCUT2D eigenvalue weighted by Crippen LogP contribution is 2.24. The van der Waals surface area contributed by atoms with Crippen LogP contribution >= 0.6 is 23.1 Å². The first-order valence-electron chi connectivity index (χ1n) is 5.60. The van der Waals surface area contributed by atoms with Crippen molar-refractivity contribution in [3.63, 3.8) is 0 Å². The van der Waals surface area contributed by atoms with Crippen LogP contribution in [0.2, 0.25) is 0 Å². The predicted molar refractivity (Wildman–Crippen MR) is 73.9 cm³/mol. The van der Waals surface area contributed by atoms with Gasteiger partial charge in [-0.1, -0.05) is 46.0 Å². The van der Waals surface area contributed by atoms with E-state index >= 15 is 0 Å². The van der Waals surface area contributed by atoms with Gasteiger partial charge in [0.05, 0.1) is 5.75 Å². The smallest absolute Gasteiger partial charge is 0.257 e. The predicted octanol–water partition coefficient (Wildman–Crippen LogP) is 3.19. The SMILES string of the molecule is Cc1cccc(-c2nc(CSc3nncs3)no2)c1. The van der Waals surface area contributed by atoms with Crippen LogP contribution in [0.1, 0.15) is 11.4 Å². The molecule has 0 N–H and O–H groups in total. The average molecular weight is 290 g/mol. The van der Waals surface area contributed by atoms with Gasteiger partial charge >= 0.3 is 0 Å². The molecule has 96 valence electrons. The summed E-state index contributed by atoms with van der Waals surface area (Å²) < 4.78 is 6.17. The molecule has 0 atom stereocenters. The summed E-state index contributed by atoms with van der Waals surface area (Å²) in [4.78, 5) is 4.38. The number of hydrogen-bond donors (Lipinski definition) is 0. The van der Waals surface area contributed by atoms with Crippen LogP contribution in [0.5, 0.6) is 0 Å². The van der Waals surface area contributed by atoms with E-state index in [9.17, 15) is 0 Å². The first-order valence-corrected chi connectivity index (χ1v) is 7.46. The topological polar surface area (TPSA) is 64.7 Å². The Morgan fingerprint density at radius 3 is 3.11 bits per heavy atom. The largest absolute Gasteiger partial charge is 0.334 e. The minimum atomic E-state index is 0.552. The number of nitrogens with zero attached hydrogens (tertiary/aromatic N) is 4. The highest BCUT2D eigenvalue weighted by Gasteiger charge is 2.09. The first-order chi connectivity index (χ1) is 9.31. The summed E-state index contributed by atoms with van der Waals surface area (Å²) in [6.07, 6.45) is 0. The number of benzene rings is 1. The van der Waals surface area contributed by atoms with E-state index in [0.717, 1.165) is 9.90 Å². The number of aromatic nitrogens is 4. The molecule has 1 aromatic carbocycles. The summed E-state index contributed by atoms with van der Waals surface area (Å²) in [6.45, 7) is 2.03. The molecule has 0 saturated carbocycles.